The Morgan fingerprint density at radius 1 is 1.50 bits per heavy atom. The predicted molar refractivity (Wildman–Crippen MR) is 40.0 cm³/mol. The minimum absolute atomic E-state index is 0. The van der Waals surface area contributed by atoms with Gasteiger partial charge in [0.15, 0.2) is 0 Å². The van der Waals surface area contributed by atoms with Gasteiger partial charge in [-0.15, -0.1) is 0 Å². The van der Waals surface area contributed by atoms with Crippen molar-refractivity contribution in [3.63, 3.8) is 0 Å². The van der Waals surface area contributed by atoms with Crippen molar-refractivity contribution >= 4 is 5.84 Å². The van der Waals surface area contributed by atoms with Gasteiger partial charge in [-0.1, -0.05) is 39.2 Å². The van der Waals surface area contributed by atoms with Crippen molar-refractivity contribution in [3.8, 4) is 0 Å². The molecule has 0 bridgehead atoms. The smallest absolute Gasteiger partial charge is 0.469 e. The average Bonchev–Trinajstić information content (AvgIpc) is 1.90. The van der Waals surface area contributed by atoms with E-state index >= 15 is 0 Å². The molecule has 1 radical (unpaired) electrons. The molecule has 0 atom stereocenters. The zero-order valence-corrected chi connectivity index (χ0v) is 8.07. The van der Waals surface area contributed by atoms with Crippen molar-refractivity contribution in [2.45, 2.75) is 20.3 Å². The van der Waals surface area contributed by atoms with Crippen LogP contribution in [0.1, 0.15) is 20.3 Å². The molecule has 0 aromatic carbocycles. The van der Waals surface area contributed by atoms with Crippen molar-refractivity contribution in [1.29, 1.82) is 0 Å². The zero-order chi connectivity index (χ0) is 6.69. The van der Waals surface area contributed by atoms with Crippen LogP contribution in [0.5, 0.6) is 0 Å². The first-order chi connectivity index (χ1) is 4.30. The van der Waals surface area contributed by atoms with Gasteiger partial charge in [-0.05, 0) is 5.92 Å². The first kappa shape index (κ1) is 10.1. The first-order valence-corrected chi connectivity index (χ1v) is 3.52. The van der Waals surface area contributed by atoms with Crippen molar-refractivity contribution in [1.82, 2.24) is 0 Å². The van der Waals surface area contributed by atoms with Gasteiger partial charge in [-0.2, -0.15) is 0 Å². The van der Waals surface area contributed by atoms with E-state index in [1.54, 1.807) is 0 Å². The van der Waals surface area contributed by atoms with Crippen molar-refractivity contribution in [2.75, 3.05) is 13.1 Å². The summed E-state index contributed by atoms with van der Waals surface area (Å²) in [4.78, 5) is 4.28. The number of nitrogens with zero attached hydrogens (tertiary/aromatic N) is 2. The number of rotatable bonds is 1. The van der Waals surface area contributed by atoms with Crippen molar-refractivity contribution < 1.29 is 19.5 Å². The molecule has 0 saturated carbocycles. The molecule has 2 nitrogen and oxygen atoms in total. The van der Waals surface area contributed by atoms with Crippen molar-refractivity contribution in [2.24, 2.45) is 10.9 Å². The standard InChI is InChI=1S/C7H13N2.Rh/c1-6(2)7-8-4-3-5-9-7;/h6H,3-5H2,1-2H3;/q-1;+2. The molecule has 0 unspecified atom stereocenters. The molecule has 1 aliphatic heterocycles. The molecule has 0 fully saturated rings. The van der Waals surface area contributed by atoms with E-state index in [4.69, 9.17) is 0 Å². The summed E-state index contributed by atoms with van der Waals surface area (Å²) in [6.45, 7) is 6.23. The molecular formula is C7H13N2Rh+. The quantitative estimate of drug-likeness (QED) is 0.612. The summed E-state index contributed by atoms with van der Waals surface area (Å²) < 4.78 is 0. The number of aliphatic imine (C=N–C) groups is 1. The van der Waals surface area contributed by atoms with Crippen molar-refractivity contribution in [3.05, 3.63) is 5.32 Å². The molecule has 0 aromatic rings. The maximum atomic E-state index is 4.28. The SMILES string of the molecule is CC(C)C1=NCCC[N-]1.[Rh+2]. The summed E-state index contributed by atoms with van der Waals surface area (Å²) >= 11 is 0. The molecule has 0 amide bonds. The summed E-state index contributed by atoms with van der Waals surface area (Å²) in [5.41, 5.74) is 0. The number of hydrogen-bond donors (Lipinski definition) is 0. The van der Waals surface area contributed by atoms with Gasteiger partial charge in [0, 0.05) is 0 Å². The third-order valence-corrected chi connectivity index (χ3v) is 1.38. The van der Waals surface area contributed by atoms with Crippen LogP contribution >= 0.6 is 0 Å². The normalized spacial score (nSPS) is 17.3. The molecule has 0 spiro atoms. The summed E-state index contributed by atoms with van der Waals surface area (Å²) in [5, 5.41) is 4.28. The van der Waals surface area contributed by atoms with Crippen LogP contribution in [-0.4, -0.2) is 18.9 Å². The summed E-state index contributed by atoms with van der Waals surface area (Å²) in [6.07, 6.45) is 1.14. The Morgan fingerprint density at radius 3 is 2.50 bits per heavy atom. The zero-order valence-electron chi connectivity index (χ0n) is 6.43. The number of hydrogen-bond acceptors (Lipinski definition) is 1. The largest absolute Gasteiger partial charge is 2.00 e. The maximum absolute atomic E-state index is 4.28. The van der Waals surface area contributed by atoms with E-state index in [0.717, 1.165) is 25.3 Å². The van der Waals surface area contributed by atoms with Crippen LogP contribution in [-0.2, 0) is 19.5 Å². The maximum Gasteiger partial charge on any atom is 2.00 e. The van der Waals surface area contributed by atoms with Gasteiger partial charge in [0.05, 0.1) is 0 Å². The van der Waals surface area contributed by atoms with Gasteiger partial charge in [-0.25, -0.2) is 0 Å². The fourth-order valence-electron chi connectivity index (χ4n) is 0.873. The van der Waals surface area contributed by atoms with E-state index in [1.165, 1.54) is 0 Å². The predicted octanol–water partition coefficient (Wildman–Crippen LogP) is 1.82. The topological polar surface area (TPSA) is 26.5 Å². The second kappa shape index (κ2) is 4.84. The Kier molecular flexibility index (Phi) is 4.89. The molecule has 3 heteroatoms. The monoisotopic (exact) mass is 228 g/mol. The van der Waals surface area contributed by atoms with Crippen LogP contribution in [0.25, 0.3) is 5.32 Å². The molecule has 59 valence electrons. The molecule has 1 aliphatic rings. The molecular weight excluding hydrogens is 215 g/mol. The van der Waals surface area contributed by atoms with Crippen LogP contribution in [0.2, 0.25) is 0 Å². The second-order valence-corrected chi connectivity index (χ2v) is 2.63. The summed E-state index contributed by atoms with van der Waals surface area (Å²) in [6, 6.07) is 0. The van der Waals surface area contributed by atoms with Crippen LogP contribution in [0, 0.1) is 5.92 Å². The van der Waals surface area contributed by atoms with Gasteiger partial charge < -0.3 is 10.3 Å². The van der Waals surface area contributed by atoms with Crippen LogP contribution < -0.4 is 0 Å². The Morgan fingerprint density at radius 2 is 2.20 bits per heavy atom. The second-order valence-electron chi connectivity index (χ2n) is 2.63. The fraction of sp³-hybridized carbons (Fsp3) is 0.857. The van der Waals surface area contributed by atoms with Crippen LogP contribution in [0.3, 0.4) is 0 Å². The fourth-order valence-corrected chi connectivity index (χ4v) is 0.873. The third kappa shape index (κ3) is 2.78. The van der Waals surface area contributed by atoms with E-state index in [9.17, 15) is 0 Å². The van der Waals surface area contributed by atoms with E-state index in [-0.39, 0.29) is 19.5 Å². The molecule has 0 aliphatic carbocycles. The Bertz CT molecular complexity index is 121. The first-order valence-electron chi connectivity index (χ1n) is 3.52. The van der Waals surface area contributed by atoms with E-state index < -0.39 is 0 Å². The van der Waals surface area contributed by atoms with E-state index in [2.05, 4.69) is 24.2 Å². The van der Waals surface area contributed by atoms with Crippen LogP contribution in [0.4, 0.5) is 0 Å². The Labute approximate surface area is 75.3 Å². The van der Waals surface area contributed by atoms with Gasteiger partial charge in [0.25, 0.3) is 0 Å². The molecule has 0 saturated heterocycles. The number of amidine groups is 1. The van der Waals surface area contributed by atoms with Gasteiger partial charge in [-0.3, -0.25) is 0 Å². The van der Waals surface area contributed by atoms with Gasteiger partial charge >= 0.3 is 19.5 Å². The van der Waals surface area contributed by atoms with E-state index in [1.807, 2.05) is 0 Å². The Hall–Kier alpha value is 0.0934. The minimum atomic E-state index is 0. The van der Waals surface area contributed by atoms with Gasteiger partial charge in [0.2, 0.25) is 0 Å². The minimum Gasteiger partial charge on any atom is -0.469 e. The summed E-state index contributed by atoms with van der Waals surface area (Å²) in [5.74, 6) is 1.58. The molecule has 0 aromatic heterocycles. The Balaban J connectivity index is 0.000000810. The molecule has 1 rings (SSSR count). The molecule has 10 heavy (non-hydrogen) atoms. The molecule has 1 heterocycles. The van der Waals surface area contributed by atoms with Crippen LogP contribution in [0.15, 0.2) is 4.99 Å². The average molecular weight is 228 g/mol. The van der Waals surface area contributed by atoms with Gasteiger partial charge in [0.1, 0.15) is 0 Å². The van der Waals surface area contributed by atoms with E-state index in [0.29, 0.717) is 5.92 Å². The molecule has 0 N–H and O–H groups in total. The summed E-state index contributed by atoms with van der Waals surface area (Å²) in [7, 11) is 0. The third-order valence-electron chi connectivity index (χ3n) is 1.38.